The lowest BCUT2D eigenvalue weighted by atomic mass is 10.1. The normalized spacial score (nSPS) is 9.67. The van der Waals surface area contributed by atoms with Crippen LogP contribution in [0.3, 0.4) is 0 Å². The standard InChI is InChI=1S/C13H12BrN2O.BrH/c1-10-6-7-16(9-15-10)8-13(17)11-2-4-12(14)5-3-11;/h2-7,9H,8H2,1H3;1H/q+1;/p-1. The Morgan fingerprint density at radius 1 is 1.28 bits per heavy atom. The first-order chi connectivity index (χ1) is 8.15. The first-order valence-electron chi connectivity index (χ1n) is 5.25. The quantitative estimate of drug-likeness (QED) is 0.529. The molecule has 0 atom stereocenters. The Labute approximate surface area is 125 Å². The van der Waals surface area contributed by atoms with Crippen molar-refractivity contribution in [3.05, 3.63) is 58.6 Å². The molecule has 0 fully saturated rings. The van der Waals surface area contributed by atoms with Gasteiger partial charge in [-0.2, -0.15) is 0 Å². The molecule has 0 aliphatic heterocycles. The fourth-order valence-electron chi connectivity index (χ4n) is 1.44. The average molecular weight is 372 g/mol. The van der Waals surface area contributed by atoms with Crippen LogP contribution in [0.4, 0.5) is 0 Å². The number of aromatic nitrogens is 2. The molecule has 1 heterocycles. The van der Waals surface area contributed by atoms with Crippen molar-refractivity contribution in [2.75, 3.05) is 0 Å². The predicted molar refractivity (Wildman–Crippen MR) is 67.6 cm³/mol. The minimum Gasteiger partial charge on any atom is -1.00 e. The Balaban J connectivity index is 0.00000162. The van der Waals surface area contributed by atoms with E-state index in [4.69, 9.17) is 0 Å². The van der Waals surface area contributed by atoms with Crippen LogP contribution in [0.25, 0.3) is 0 Å². The average Bonchev–Trinajstić information content (AvgIpc) is 2.33. The highest BCUT2D eigenvalue weighted by atomic mass is 79.9. The van der Waals surface area contributed by atoms with Crippen molar-refractivity contribution in [1.29, 1.82) is 0 Å². The van der Waals surface area contributed by atoms with Gasteiger partial charge in [0.25, 0.3) is 6.33 Å². The van der Waals surface area contributed by atoms with E-state index in [1.54, 1.807) is 10.9 Å². The van der Waals surface area contributed by atoms with Gasteiger partial charge < -0.3 is 17.0 Å². The van der Waals surface area contributed by atoms with Gasteiger partial charge >= 0.3 is 0 Å². The highest BCUT2D eigenvalue weighted by Crippen LogP contribution is 2.10. The second-order valence-corrected chi connectivity index (χ2v) is 4.72. The van der Waals surface area contributed by atoms with Crippen LogP contribution in [0.5, 0.6) is 0 Å². The molecule has 0 aliphatic rings. The predicted octanol–water partition coefficient (Wildman–Crippen LogP) is -0.673. The number of hydrogen-bond donors (Lipinski definition) is 0. The molecule has 94 valence electrons. The van der Waals surface area contributed by atoms with E-state index in [9.17, 15) is 4.79 Å². The van der Waals surface area contributed by atoms with Crippen LogP contribution < -0.4 is 21.5 Å². The molecule has 0 amide bonds. The maximum atomic E-state index is 11.9. The molecule has 5 heteroatoms. The molecule has 0 unspecified atom stereocenters. The first-order valence-corrected chi connectivity index (χ1v) is 6.05. The number of Topliss-reactive ketones (excluding diaryl/α,β-unsaturated/α-hetero) is 1. The van der Waals surface area contributed by atoms with E-state index in [1.807, 2.05) is 43.5 Å². The van der Waals surface area contributed by atoms with Crippen molar-refractivity contribution in [3.63, 3.8) is 0 Å². The van der Waals surface area contributed by atoms with Gasteiger partial charge in [0.2, 0.25) is 5.78 Å². The van der Waals surface area contributed by atoms with Crippen LogP contribution >= 0.6 is 15.9 Å². The number of ketones is 1. The number of aryl methyl sites for hydroxylation is 1. The van der Waals surface area contributed by atoms with Gasteiger partial charge in [-0.3, -0.25) is 4.79 Å². The lowest BCUT2D eigenvalue weighted by Crippen LogP contribution is -3.00. The van der Waals surface area contributed by atoms with E-state index in [2.05, 4.69) is 20.9 Å². The van der Waals surface area contributed by atoms with E-state index in [1.165, 1.54) is 0 Å². The summed E-state index contributed by atoms with van der Waals surface area (Å²) >= 11 is 3.34. The Bertz CT molecular complexity index is 524. The molecule has 18 heavy (non-hydrogen) atoms. The van der Waals surface area contributed by atoms with Gasteiger partial charge in [0.05, 0.1) is 6.20 Å². The molecule has 0 spiro atoms. The van der Waals surface area contributed by atoms with Gasteiger partial charge in [-0.25, -0.2) is 4.57 Å². The molecule has 0 aliphatic carbocycles. The van der Waals surface area contributed by atoms with E-state index < -0.39 is 0 Å². The minimum atomic E-state index is 0. The molecule has 3 nitrogen and oxygen atoms in total. The Kier molecular flexibility index (Phi) is 5.62. The first kappa shape index (κ1) is 15.0. The highest BCUT2D eigenvalue weighted by molar-refractivity contribution is 9.10. The monoisotopic (exact) mass is 370 g/mol. The maximum absolute atomic E-state index is 11.9. The van der Waals surface area contributed by atoms with Crippen LogP contribution in [0.1, 0.15) is 16.1 Å². The summed E-state index contributed by atoms with van der Waals surface area (Å²) in [5.74, 6) is 0.0770. The molecular formula is C13H12Br2N2O. The van der Waals surface area contributed by atoms with Gasteiger partial charge in [0.1, 0.15) is 0 Å². The van der Waals surface area contributed by atoms with Crippen LogP contribution in [-0.4, -0.2) is 10.8 Å². The summed E-state index contributed by atoms with van der Waals surface area (Å²) in [6.45, 7) is 2.23. The molecule has 0 saturated carbocycles. The number of halogens is 2. The molecule has 0 N–H and O–H groups in total. The summed E-state index contributed by atoms with van der Waals surface area (Å²) in [4.78, 5) is 16.1. The highest BCUT2D eigenvalue weighted by Gasteiger charge is 2.09. The second-order valence-electron chi connectivity index (χ2n) is 3.80. The molecule has 0 bridgehead atoms. The number of benzene rings is 1. The van der Waals surface area contributed by atoms with Crippen molar-refractivity contribution in [2.45, 2.75) is 13.5 Å². The fraction of sp³-hybridized carbons (Fsp3) is 0.154. The third-order valence-electron chi connectivity index (χ3n) is 2.41. The molecular weight excluding hydrogens is 360 g/mol. The molecule has 2 rings (SSSR count). The van der Waals surface area contributed by atoms with Crippen LogP contribution in [0, 0.1) is 6.92 Å². The number of hydrogen-bond acceptors (Lipinski definition) is 2. The zero-order valence-corrected chi connectivity index (χ0v) is 13.0. The molecule has 0 radical (unpaired) electrons. The number of carbonyl (C=O) groups excluding carboxylic acids is 1. The Morgan fingerprint density at radius 2 is 1.94 bits per heavy atom. The van der Waals surface area contributed by atoms with E-state index >= 15 is 0 Å². The topological polar surface area (TPSA) is 33.8 Å². The molecule has 2 aromatic rings. The number of rotatable bonds is 3. The van der Waals surface area contributed by atoms with Gasteiger partial charge in [0.15, 0.2) is 12.2 Å². The summed E-state index contributed by atoms with van der Waals surface area (Å²) < 4.78 is 2.75. The fourth-order valence-corrected chi connectivity index (χ4v) is 1.70. The summed E-state index contributed by atoms with van der Waals surface area (Å²) in [6, 6.07) is 9.24. The number of nitrogens with zero attached hydrogens (tertiary/aromatic N) is 2. The molecule has 1 aromatic heterocycles. The smallest absolute Gasteiger partial charge is 0.286 e. The lowest BCUT2D eigenvalue weighted by Gasteiger charge is -2.00. The second kappa shape index (κ2) is 6.75. The van der Waals surface area contributed by atoms with Crippen molar-refractivity contribution < 1.29 is 26.3 Å². The van der Waals surface area contributed by atoms with Crippen molar-refractivity contribution in [3.8, 4) is 0 Å². The van der Waals surface area contributed by atoms with Crippen molar-refractivity contribution in [2.24, 2.45) is 0 Å². The summed E-state index contributed by atoms with van der Waals surface area (Å²) in [5.41, 5.74) is 1.65. The van der Waals surface area contributed by atoms with E-state index in [0.29, 0.717) is 12.1 Å². The van der Waals surface area contributed by atoms with E-state index in [-0.39, 0.29) is 22.8 Å². The molecule has 1 aromatic carbocycles. The summed E-state index contributed by atoms with van der Waals surface area (Å²) in [5, 5.41) is 0. The minimum absolute atomic E-state index is 0. The summed E-state index contributed by atoms with van der Waals surface area (Å²) in [6.07, 6.45) is 3.53. The Morgan fingerprint density at radius 3 is 2.50 bits per heavy atom. The largest absolute Gasteiger partial charge is 1.00 e. The van der Waals surface area contributed by atoms with Crippen LogP contribution in [0.2, 0.25) is 0 Å². The lowest BCUT2D eigenvalue weighted by molar-refractivity contribution is -0.686. The van der Waals surface area contributed by atoms with Gasteiger partial charge in [-0.1, -0.05) is 33.0 Å². The number of carbonyl (C=O) groups is 1. The third-order valence-corrected chi connectivity index (χ3v) is 2.94. The van der Waals surface area contributed by atoms with Gasteiger partial charge in [0, 0.05) is 23.0 Å². The van der Waals surface area contributed by atoms with Crippen LogP contribution in [-0.2, 0) is 6.54 Å². The third kappa shape index (κ3) is 3.99. The zero-order chi connectivity index (χ0) is 12.3. The van der Waals surface area contributed by atoms with Gasteiger partial charge in [-0.05, 0) is 12.1 Å². The van der Waals surface area contributed by atoms with Crippen molar-refractivity contribution in [1.82, 2.24) is 4.98 Å². The van der Waals surface area contributed by atoms with Gasteiger partial charge in [-0.15, -0.1) is 0 Å². The maximum Gasteiger partial charge on any atom is 0.286 e. The summed E-state index contributed by atoms with van der Waals surface area (Å²) in [7, 11) is 0. The molecule has 0 saturated heterocycles. The SMILES string of the molecule is Cc1cc[n+](CC(=O)c2ccc(Br)cc2)cn1.[Br-]. The van der Waals surface area contributed by atoms with E-state index in [0.717, 1.165) is 10.2 Å². The van der Waals surface area contributed by atoms with Crippen LogP contribution in [0.15, 0.2) is 47.3 Å². The zero-order valence-electron chi connectivity index (χ0n) is 9.81. The Hall–Kier alpha value is -1.07. The van der Waals surface area contributed by atoms with Crippen molar-refractivity contribution >= 4 is 21.7 Å².